The second-order valence-corrected chi connectivity index (χ2v) is 5.81. The average molecular weight is 329 g/mol. The van der Waals surface area contributed by atoms with Crippen molar-refractivity contribution in [2.75, 3.05) is 32.6 Å². The van der Waals surface area contributed by atoms with Crippen molar-refractivity contribution >= 4 is 34.6 Å². The second kappa shape index (κ2) is 7.71. The molecule has 1 aliphatic heterocycles. The zero-order chi connectivity index (χ0) is 15.2. The number of methoxy groups -OCH3 is 2. The molecule has 1 aromatic rings. The predicted octanol–water partition coefficient (Wildman–Crippen LogP) is 3.93. The van der Waals surface area contributed by atoms with Crippen molar-refractivity contribution in [3.63, 3.8) is 0 Å². The summed E-state index contributed by atoms with van der Waals surface area (Å²) < 4.78 is 10.6. The molecule has 0 atom stereocenters. The summed E-state index contributed by atoms with van der Waals surface area (Å²) in [5.41, 5.74) is 0.771. The van der Waals surface area contributed by atoms with E-state index in [0.29, 0.717) is 16.5 Å². The third kappa shape index (κ3) is 4.14. The van der Waals surface area contributed by atoms with Crippen LogP contribution in [-0.4, -0.2) is 37.3 Å². The first-order chi connectivity index (χ1) is 10.2. The summed E-state index contributed by atoms with van der Waals surface area (Å²) in [6, 6.07) is 3.54. The fourth-order valence-electron chi connectivity index (χ4n) is 2.43. The first-order valence-corrected chi connectivity index (χ1v) is 7.91. The highest BCUT2D eigenvalue weighted by Gasteiger charge is 2.15. The molecule has 0 spiro atoms. The van der Waals surface area contributed by atoms with Gasteiger partial charge in [-0.25, -0.2) is 0 Å². The van der Waals surface area contributed by atoms with E-state index in [1.807, 2.05) is 6.07 Å². The second-order valence-electron chi connectivity index (χ2n) is 5.02. The molecule has 2 rings (SSSR count). The number of likely N-dealkylation sites (tertiary alicyclic amines) is 1. The zero-order valence-electron chi connectivity index (χ0n) is 12.4. The standard InChI is InChI=1S/C15H21ClN2O2S/c1-19-13-10-12(14(20-2)9-11(13)16)17-15(21)18-7-5-3-4-6-8-18/h9-10H,3-8H2,1-2H3,(H,17,21). The van der Waals surface area contributed by atoms with Gasteiger partial charge in [-0.05, 0) is 25.1 Å². The molecule has 1 aliphatic rings. The lowest BCUT2D eigenvalue weighted by Gasteiger charge is -2.24. The van der Waals surface area contributed by atoms with Gasteiger partial charge >= 0.3 is 0 Å². The van der Waals surface area contributed by atoms with E-state index in [-0.39, 0.29) is 0 Å². The number of thiocarbonyl (C=S) groups is 1. The molecule has 0 unspecified atom stereocenters. The van der Waals surface area contributed by atoms with Crippen LogP contribution in [0, 0.1) is 0 Å². The minimum Gasteiger partial charge on any atom is -0.495 e. The van der Waals surface area contributed by atoms with Crippen molar-refractivity contribution in [1.82, 2.24) is 4.90 Å². The van der Waals surface area contributed by atoms with Crippen LogP contribution in [0.15, 0.2) is 12.1 Å². The molecule has 4 nitrogen and oxygen atoms in total. The van der Waals surface area contributed by atoms with Crippen molar-refractivity contribution in [2.45, 2.75) is 25.7 Å². The van der Waals surface area contributed by atoms with E-state index in [2.05, 4.69) is 10.2 Å². The summed E-state index contributed by atoms with van der Waals surface area (Å²) in [6.07, 6.45) is 4.92. The number of anilines is 1. The maximum atomic E-state index is 6.11. The van der Waals surface area contributed by atoms with Crippen LogP contribution < -0.4 is 14.8 Å². The Hall–Kier alpha value is -1.20. The molecule has 1 fully saturated rings. The molecule has 1 N–H and O–H groups in total. The molecule has 21 heavy (non-hydrogen) atoms. The van der Waals surface area contributed by atoms with Crippen molar-refractivity contribution in [3.05, 3.63) is 17.2 Å². The Labute approximate surface area is 136 Å². The first-order valence-electron chi connectivity index (χ1n) is 7.13. The minimum absolute atomic E-state index is 0.514. The maximum absolute atomic E-state index is 6.11. The Kier molecular flexibility index (Phi) is 5.94. The van der Waals surface area contributed by atoms with Crippen molar-refractivity contribution in [3.8, 4) is 11.5 Å². The number of benzene rings is 1. The summed E-state index contributed by atoms with van der Waals surface area (Å²) in [5.74, 6) is 1.25. The molecule has 0 radical (unpaired) electrons. The van der Waals surface area contributed by atoms with Gasteiger partial charge in [-0.3, -0.25) is 0 Å². The van der Waals surface area contributed by atoms with E-state index >= 15 is 0 Å². The van der Waals surface area contributed by atoms with Gasteiger partial charge in [0.2, 0.25) is 0 Å². The number of ether oxygens (including phenoxy) is 2. The van der Waals surface area contributed by atoms with Crippen LogP contribution in [-0.2, 0) is 0 Å². The number of hydrogen-bond acceptors (Lipinski definition) is 3. The fourth-order valence-corrected chi connectivity index (χ4v) is 2.95. The number of halogens is 1. The van der Waals surface area contributed by atoms with Crippen molar-refractivity contribution < 1.29 is 9.47 Å². The lowest BCUT2D eigenvalue weighted by Crippen LogP contribution is -2.35. The van der Waals surface area contributed by atoms with Crippen LogP contribution in [0.3, 0.4) is 0 Å². The number of nitrogens with one attached hydrogen (secondary N) is 1. The van der Waals surface area contributed by atoms with Crippen LogP contribution in [0.1, 0.15) is 25.7 Å². The van der Waals surface area contributed by atoms with Crippen molar-refractivity contribution in [1.29, 1.82) is 0 Å². The van der Waals surface area contributed by atoms with Gasteiger partial charge < -0.3 is 19.7 Å². The molecule has 1 heterocycles. The summed E-state index contributed by atoms with van der Waals surface area (Å²) in [7, 11) is 3.20. The Morgan fingerprint density at radius 2 is 1.71 bits per heavy atom. The van der Waals surface area contributed by atoms with E-state index in [9.17, 15) is 0 Å². The number of nitrogens with zero attached hydrogens (tertiary/aromatic N) is 1. The maximum Gasteiger partial charge on any atom is 0.173 e. The highest BCUT2D eigenvalue weighted by atomic mass is 35.5. The average Bonchev–Trinajstić information content (AvgIpc) is 2.77. The van der Waals surface area contributed by atoms with Crippen LogP contribution in [0.2, 0.25) is 5.02 Å². The van der Waals surface area contributed by atoms with Gasteiger partial charge in [-0.15, -0.1) is 0 Å². The third-order valence-electron chi connectivity index (χ3n) is 3.61. The SMILES string of the molecule is COc1cc(NC(=S)N2CCCCCC2)c(OC)cc1Cl. The molecule has 1 saturated heterocycles. The van der Waals surface area contributed by atoms with Gasteiger partial charge in [0, 0.05) is 25.2 Å². The Morgan fingerprint density at radius 1 is 1.10 bits per heavy atom. The Balaban J connectivity index is 2.15. The minimum atomic E-state index is 0.514. The summed E-state index contributed by atoms with van der Waals surface area (Å²) in [6.45, 7) is 2.00. The quantitative estimate of drug-likeness (QED) is 0.850. The lowest BCUT2D eigenvalue weighted by atomic mass is 10.2. The molecule has 0 amide bonds. The molecular weight excluding hydrogens is 308 g/mol. The van der Waals surface area contributed by atoms with Gasteiger partial charge in [0.05, 0.1) is 24.9 Å². The molecule has 0 bridgehead atoms. The highest BCUT2D eigenvalue weighted by molar-refractivity contribution is 7.80. The molecule has 0 saturated carbocycles. The molecule has 0 aliphatic carbocycles. The van der Waals surface area contributed by atoms with Crippen LogP contribution >= 0.6 is 23.8 Å². The predicted molar refractivity (Wildman–Crippen MR) is 90.8 cm³/mol. The van der Waals surface area contributed by atoms with E-state index in [1.54, 1.807) is 20.3 Å². The van der Waals surface area contributed by atoms with E-state index in [1.165, 1.54) is 25.7 Å². The smallest absolute Gasteiger partial charge is 0.173 e. The van der Waals surface area contributed by atoms with E-state index in [0.717, 1.165) is 23.9 Å². The normalized spacial score (nSPS) is 15.3. The third-order valence-corrected chi connectivity index (χ3v) is 4.26. The summed E-state index contributed by atoms with van der Waals surface area (Å²) >= 11 is 11.6. The molecular formula is C15H21ClN2O2S. The summed E-state index contributed by atoms with van der Waals surface area (Å²) in [4.78, 5) is 2.21. The molecule has 116 valence electrons. The van der Waals surface area contributed by atoms with Gasteiger partial charge in [0.1, 0.15) is 11.5 Å². The molecule has 6 heteroatoms. The number of rotatable bonds is 3. The summed E-state index contributed by atoms with van der Waals surface area (Å²) in [5, 5.41) is 4.49. The first kappa shape index (κ1) is 16.2. The van der Waals surface area contributed by atoms with Gasteiger partial charge in [0.15, 0.2) is 5.11 Å². The van der Waals surface area contributed by atoms with Crippen LogP contribution in [0.4, 0.5) is 5.69 Å². The lowest BCUT2D eigenvalue weighted by molar-refractivity contribution is 0.404. The topological polar surface area (TPSA) is 33.7 Å². The van der Waals surface area contributed by atoms with E-state index in [4.69, 9.17) is 33.3 Å². The Bertz CT molecular complexity index is 503. The van der Waals surface area contributed by atoms with Crippen LogP contribution in [0.25, 0.3) is 0 Å². The molecule has 1 aromatic carbocycles. The highest BCUT2D eigenvalue weighted by Crippen LogP contribution is 2.36. The number of hydrogen-bond donors (Lipinski definition) is 1. The zero-order valence-corrected chi connectivity index (χ0v) is 14.0. The van der Waals surface area contributed by atoms with Crippen LogP contribution in [0.5, 0.6) is 11.5 Å². The van der Waals surface area contributed by atoms with Crippen molar-refractivity contribution in [2.24, 2.45) is 0 Å². The largest absolute Gasteiger partial charge is 0.495 e. The fraction of sp³-hybridized carbons (Fsp3) is 0.533. The molecule has 0 aromatic heterocycles. The van der Waals surface area contributed by atoms with E-state index < -0.39 is 0 Å². The van der Waals surface area contributed by atoms with Gasteiger partial charge in [-0.2, -0.15) is 0 Å². The monoisotopic (exact) mass is 328 g/mol. The van der Waals surface area contributed by atoms with Gasteiger partial charge in [0.25, 0.3) is 0 Å². The van der Waals surface area contributed by atoms with Gasteiger partial charge in [-0.1, -0.05) is 24.4 Å². The Morgan fingerprint density at radius 3 is 2.29 bits per heavy atom.